The summed E-state index contributed by atoms with van der Waals surface area (Å²) in [7, 11) is 0. The van der Waals surface area contributed by atoms with Gasteiger partial charge in [-0.2, -0.15) is 5.10 Å². The standard InChI is InChI=1S/C16H16ClN5O2/c1-11-14(16(17)24-21-11)5-6-15(23)20-13-8-19-22(10-13)9-12-4-2-3-7-18-12/h2-4,7-8,10H,5-6,9H2,1H3,(H,20,23). The SMILES string of the molecule is Cc1noc(Cl)c1CCC(=O)Nc1cnn(Cc2ccccn2)c1. The fourth-order valence-corrected chi connectivity index (χ4v) is 2.54. The van der Waals surface area contributed by atoms with Gasteiger partial charge in [0.15, 0.2) is 0 Å². The molecular weight excluding hydrogens is 330 g/mol. The molecule has 3 rings (SSSR count). The molecule has 0 radical (unpaired) electrons. The molecule has 1 N–H and O–H groups in total. The minimum atomic E-state index is -0.121. The first-order chi connectivity index (χ1) is 11.6. The van der Waals surface area contributed by atoms with E-state index in [2.05, 4.69) is 20.6 Å². The number of amides is 1. The van der Waals surface area contributed by atoms with Gasteiger partial charge in [0.1, 0.15) is 0 Å². The molecule has 0 fully saturated rings. The van der Waals surface area contributed by atoms with Crippen LogP contribution in [0.15, 0.2) is 41.3 Å². The van der Waals surface area contributed by atoms with Crippen LogP contribution in [0.4, 0.5) is 5.69 Å². The molecule has 1 amide bonds. The number of hydrogen-bond donors (Lipinski definition) is 1. The van der Waals surface area contributed by atoms with Crippen LogP contribution in [0.5, 0.6) is 0 Å². The molecule has 0 spiro atoms. The lowest BCUT2D eigenvalue weighted by atomic mass is 10.1. The number of pyridine rings is 1. The Morgan fingerprint density at radius 1 is 1.42 bits per heavy atom. The second-order valence-electron chi connectivity index (χ2n) is 5.32. The highest BCUT2D eigenvalue weighted by atomic mass is 35.5. The quantitative estimate of drug-likeness (QED) is 0.742. The van der Waals surface area contributed by atoms with Crippen molar-refractivity contribution in [3.05, 3.63) is 59.0 Å². The average Bonchev–Trinajstić information content (AvgIpc) is 3.13. The number of nitrogens with one attached hydrogen (secondary N) is 1. The van der Waals surface area contributed by atoms with Crippen molar-refractivity contribution in [2.75, 3.05) is 5.32 Å². The van der Waals surface area contributed by atoms with Crippen molar-refractivity contribution in [3.8, 4) is 0 Å². The maximum Gasteiger partial charge on any atom is 0.229 e. The Morgan fingerprint density at radius 3 is 3.00 bits per heavy atom. The van der Waals surface area contributed by atoms with Crippen LogP contribution >= 0.6 is 11.6 Å². The van der Waals surface area contributed by atoms with Crippen molar-refractivity contribution in [3.63, 3.8) is 0 Å². The number of carbonyl (C=O) groups excluding carboxylic acids is 1. The number of hydrogen-bond acceptors (Lipinski definition) is 5. The van der Waals surface area contributed by atoms with Crippen molar-refractivity contribution in [1.82, 2.24) is 19.9 Å². The molecule has 7 nitrogen and oxygen atoms in total. The third-order valence-corrected chi connectivity index (χ3v) is 3.80. The van der Waals surface area contributed by atoms with Gasteiger partial charge in [0, 0.05) is 24.4 Å². The molecule has 0 aromatic carbocycles. The van der Waals surface area contributed by atoms with E-state index in [0.29, 0.717) is 24.3 Å². The van der Waals surface area contributed by atoms with Crippen LogP contribution in [-0.4, -0.2) is 25.8 Å². The molecule has 8 heteroatoms. The smallest absolute Gasteiger partial charge is 0.229 e. The maximum absolute atomic E-state index is 12.0. The van der Waals surface area contributed by atoms with Crippen molar-refractivity contribution >= 4 is 23.2 Å². The zero-order valence-corrected chi connectivity index (χ0v) is 13.8. The molecule has 124 valence electrons. The van der Waals surface area contributed by atoms with Gasteiger partial charge in [-0.15, -0.1) is 0 Å². The molecule has 3 aromatic rings. The van der Waals surface area contributed by atoms with Crippen LogP contribution in [0, 0.1) is 6.92 Å². The third kappa shape index (κ3) is 3.99. The molecular formula is C16H16ClN5O2. The highest BCUT2D eigenvalue weighted by Crippen LogP contribution is 2.20. The van der Waals surface area contributed by atoms with Gasteiger partial charge in [0.2, 0.25) is 11.1 Å². The lowest BCUT2D eigenvalue weighted by molar-refractivity contribution is -0.116. The van der Waals surface area contributed by atoms with Crippen LogP contribution in [0.1, 0.15) is 23.4 Å². The highest BCUT2D eigenvalue weighted by molar-refractivity contribution is 6.29. The van der Waals surface area contributed by atoms with Gasteiger partial charge >= 0.3 is 0 Å². The summed E-state index contributed by atoms with van der Waals surface area (Å²) >= 11 is 5.89. The summed E-state index contributed by atoms with van der Waals surface area (Å²) in [6.07, 6.45) is 5.87. The second-order valence-corrected chi connectivity index (χ2v) is 5.66. The van der Waals surface area contributed by atoms with E-state index < -0.39 is 0 Å². The second kappa shape index (κ2) is 7.27. The van der Waals surface area contributed by atoms with Crippen molar-refractivity contribution in [1.29, 1.82) is 0 Å². The van der Waals surface area contributed by atoms with Gasteiger partial charge in [-0.25, -0.2) is 0 Å². The molecule has 3 heterocycles. The Balaban J connectivity index is 1.53. The van der Waals surface area contributed by atoms with Gasteiger partial charge in [-0.3, -0.25) is 14.5 Å². The van der Waals surface area contributed by atoms with Crippen molar-refractivity contribution in [2.24, 2.45) is 0 Å². The predicted molar refractivity (Wildman–Crippen MR) is 88.8 cm³/mol. The molecule has 0 bridgehead atoms. The number of anilines is 1. The summed E-state index contributed by atoms with van der Waals surface area (Å²) in [5, 5.41) is 11.0. The first kappa shape index (κ1) is 16.2. The van der Waals surface area contributed by atoms with E-state index in [1.54, 1.807) is 30.2 Å². The first-order valence-electron chi connectivity index (χ1n) is 7.44. The molecule has 0 aliphatic heterocycles. The minimum Gasteiger partial charge on any atom is -0.344 e. The summed E-state index contributed by atoms with van der Waals surface area (Å²) in [4.78, 5) is 16.3. The fraction of sp³-hybridized carbons (Fsp3) is 0.250. The fourth-order valence-electron chi connectivity index (χ4n) is 2.27. The summed E-state index contributed by atoms with van der Waals surface area (Å²) in [6.45, 7) is 2.34. The number of nitrogens with zero attached hydrogens (tertiary/aromatic N) is 4. The molecule has 0 atom stereocenters. The van der Waals surface area contributed by atoms with Gasteiger partial charge < -0.3 is 9.84 Å². The summed E-state index contributed by atoms with van der Waals surface area (Å²) in [6, 6.07) is 5.71. The molecule has 3 aromatic heterocycles. The Hall–Kier alpha value is -2.67. The van der Waals surface area contributed by atoms with Crippen LogP contribution in [-0.2, 0) is 17.8 Å². The lowest BCUT2D eigenvalue weighted by Crippen LogP contribution is -2.12. The van der Waals surface area contributed by atoms with E-state index in [1.165, 1.54) is 0 Å². The van der Waals surface area contributed by atoms with Gasteiger partial charge in [-0.1, -0.05) is 11.2 Å². The van der Waals surface area contributed by atoms with Crippen LogP contribution in [0.25, 0.3) is 0 Å². The zero-order valence-electron chi connectivity index (χ0n) is 13.1. The maximum atomic E-state index is 12.0. The number of aryl methyl sites for hydroxylation is 1. The minimum absolute atomic E-state index is 0.121. The van der Waals surface area contributed by atoms with E-state index in [4.69, 9.17) is 16.1 Å². The summed E-state index contributed by atoms with van der Waals surface area (Å²) in [5.41, 5.74) is 3.01. The largest absolute Gasteiger partial charge is 0.344 e. The highest BCUT2D eigenvalue weighted by Gasteiger charge is 2.13. The summed E-state index contributed by atoms with van der Waals surface area (Å²) in [5.74, 6) is -0.121. The predicted octanol–water partition coefficient (Wildman–Crippen LogP) is 2.85. The Kier molecular flexibility index (Phi) is 4.90. The molecule has 24 heavy (non-hydrogen) atoms. The lowest BCUT2D eigenvalue weighted by Gasteiger charge is -2.02. The van der Waals surface area contributed by atoms with E-state index in [9.17, 15) is 4.79 Å². The van der Waals surface area contributed by atoms with Crippen molar-refractivity contribution in [2.45, 2.75) is 26.3 Å². The Labute approximate surface area is 143 Å². The third-order valence-electron chi connectivity index (χ3n) is 3.51. The molecule has 0 unspecified atom stereocenters. The normalized spacial score (nSPS) is 10.8. The Morgan fingerprint density at radius 2 is 2.29 bits per heavy atom. The number of rotatable bonds is 6. The van der Waals surface area contributed by atoms with Crippen LogP contribution in [0.3, 0.4) is 0 Å². The number of carbonyl (C=O) groups is 1. The Bertz CT molecular complexity index is 809. The van der Waals surface area contributed by atoms with Gasteiger partial charge in [-0.05, 0) is 37.1 Å². The molecule has 0 aliphatic carbocycles. The first-order valence-corrected chi connectivity index (χ1v) is 7.82. The topological polar surface area (TPSA) is 85.8 Å². The zero-order chi connectivity index (χ0) is 16.9. The number of aromatic nitrogens is 4. The molecule has 0 aliphatic rings. The van der Waals surface area contributed by atoms with Crippen LogP contribution < -0.4 is 5.32 Å². The van der Waals surface area contributed by atoms with Gasteiger partial charge in [0.25, 0.3) is 0 Å². The average molecular weight is 346 g/mol. The van der Waals surface area contributed by atoms with E-state index in [1.807, 2.05) is 18.2 Å². The summed E-state index contributed by atoms with van der Waals surface area (Å²) < 4.78 is 6.59. The van der Waals surface area contributed by atoms with E-state index in [0.717, 1.165) is 11.3 Å². The monoisotopic (exact) mass is 345 g/mol. The van der Waals surface area contributed by atoms with E-state index in [-0.39, 0.29) is 17.5 Å². The van der Waals surface area contributed by atoms with E-state index >= 15 is 0 Å². The number of halogens is 1. The van der Waals surface area contributed by atoms with Crippen molar-refractivity contribution < 1.29 is 9.32 Å². The molecule has 0 saturated heterocycles. The molecule has 0 saturated carbocycles. The van der Waals surface area contributed by atoms with Gasteiger partial charge in [0.05, 0.1) is 29.8 Å². The van der Waals surface area contributed by atoms with Crippen LogP contribution in [0.2, 0.25) is 5.22 Å².